The molecule has 6 nitrogen and oxygen atoms in total. The average Bonchev–Trinajstić information content (AvgIpc) is 3.41. The maximum atomic E-state index is 6.25. The third kappa shape index (κ3) is 7.82. The third-order valence-electron chi connectivity index (χ3n) is 5.42. The Balaban J connectivity index is 0.00000341. The molecule has 0 saturated heterocycles. The SMILES string of the molecule is CCNC(=NCCCc1nnc(SC)n1C1CCCC1)NCCc1ccccc1Cl.I. The number of nitrogens with one attached hydrogen (secondary N) is 2. The molecule has 1 aromatic carbocycles. The Kier molecular flexibility index (Phi) is 12.0. The standard InChI is InChI=1S/C22H33ClN6S.HI/c1-3-24-21(26-16-14-17-9-4-7-12-19(17)23)25-15-8-13-20-27-28-22(30-2)29(20)18-10-5-6-11-18;/h4,7,9,12,18H,3,5-6,8,10-11,13-16H2,1-2H3,(H2,24,25,26);1H. The van der Waals surface area contributed by atoms with E-state index in [0.29, 0.717) is 6.04 Å². The molecule has 0 spiro atoms. The molecule has 0 atom stereocenters. The minimum atomic E-state index is 0. The number of hydrogen-bond acceptors (Lipinski definition) is 4. The van der Waals surface area contributed by atoms with Crippen LogP contribution in [0.5, 0.6) is 0 Å². The van der Waals surface area contributed by atoms with Crippen LogP contribution in [0.1, 0.15) is 56.5 Å². The minimum absolute atomic E-state index is 0. The quantitative estimate of drug-likeness (QED) is 0.135. The highest BCUT2D eigenvalue weighted by atomic mass is 127. The van der Waals surface area contributed by atoms with Gasteiger partial charge in [0.15, 0.2) is 11.1 Å². The van der Waals surface area contributed by atoms with Crippen molar-refractivity contribution in [1.82, 2.24) is 25.4 Å². The molecule has 1 aromatic heterocycles. The number of halogens is 2. The van der Waals surface area contributed by atoms with Gasteiger partial charge in [-0.25, -0.2) is 0 Å². The van der Waals surface area contributed by atoms with E-state index in [-0.39, 0.29) is 24.0 Å². The number of aromatic nitrogens is 3. The predicted octanol–water partition coefficient (Wildman–Crippen LogP) is 5.12. The van der Waals surface area contributed by atoms with Crippen LogP contribution in [-0.2, 0) is 12.8 Å². The second-order valence-corrected chi connectivity index (χ2v) is 8.72. The Bertz CT molecular complexity index is 822. The van der Waals surface area contributed by atoms with E-state index in [1.807, 2.05) is 18.2 Å². The molecule has 9 heteroatoms. The van der Waals surface area contributed by atoms with E-state index in [9.17, 15) is 0 Å². The summed E-state index contributed by atoms with van der Waals surface area (Å²) in [5.41, 5.74) is 1.15. The molecule has 2 aromatic rings. The van der Waals surface area contributed by atoms with Crippen LogP contribution in [0.4, 0.5) is 0 Å². The average molecular weight is 577 g/mol. The topological polar surface area (TPSA) is 67.1 Å². The summed E-state index contributed by atoms with van der Waals surface area (Å²) in [5.74, 6) is 1.96. The van der Waals surface area contributed by atoms with E-state index >= 15 is 0 Å². The Morgan fingerprint density at radius 3 is 2.68 bits per heavy atom. The lowest BCUT2D eigenvalue weighted by atomic mass is 10.1. The monoisotopic (exact) mass is 576 g/mol. The molecule has 3 rings (SSSR count). The second-order valence-electron chi connectivity index (χ2n) is 7.54. The van der Waals surface area contributed by atoms with Crippen molar-refractivity contribution in [2.24, 2.45) is 4.99 Å². The van der Waals surface area contributed by atoms with Gasteiger partial charge >= 0.3 is 0 Å². The van der Waals surface area contributed by atoms with Crippen LogP contribution in [-0.4, -0.2) is 46.6 Å². The number of rotatable bonds is 10. The summed E-state index contributed by atoms with van der Waals surface area (Å²) >= 11 is 7.94. The van der Waals surface area contributed by atoms with Gasteiger partial charge < -0.3 is 15.2 Å². The molecule has 1 aliphatic rings. The van der Waals surface area contributed by atoms with Crippen LogP contribution in [0, 0.1) is 0 Å². The Morgan fingerprint density at radius 2 is 1.97 bits per heavy atom. The molecule has 31 heavy (non-hydrogen) atoms. The van der Waals surface area contributed by atoms with Gasteiger partial charge in [-0.3, -0.25) is 4.99 Å². The van der Waals surface area contributed by atoms with Gasteiger partial charge in [0.2, 0.25) is 0 Å². The Labute approximate surface area is 212 Å². The van der Waals surface area contributed by atoms with E-state index in [2.05, 4.69) is 44.6 Å². The number of guanidine groups is 1. The molecule has 2 N–H and O–H groups in total. The zero-order valence-electron chi connectivity index (χ0n) is 18.4. The number of thioether (sulfide) groups is 1. The van der Waals surface area contributed by atoms with E-state index in [4.69, 9.17) is 16.6 Å². The highest BCUT2D eigenvalue weighted by Crippen LogP contribution is 2.33. The number of benzene rings is 1. The van der Waals surface area contributed by atoms with Gasteiger partial charge in [0.25, 0.3) is 0 Å². The van der Waals surface area contributed by atoms with Crippen LogP contribution in [0.2, 0.25) is 5.02 Å². The molecule has 1 heterocycles. The number of aliphatic imine (C=N–C) groups is 1. The lowest BCUT2D eigenvalue weighted by Gasteiger charge is -2.16. The maximum absolute atomic E-state index is 6.25. The van der Waals surface area contributed by atoms with Crippen LogP contribution in [0.25, 0.3) is 0 Å². The van der Waals surface area contributed by atoms with Gasteiger partial charge in [0.1, 0.15) is 5.82 Å². The predicted molar refractivity (Wildman–Crippen MR) is 142 cm³/mol. The first kappa shape index (κ1) is 26.3. The molecular formula is C22H34ClIN6S. The highest BCUT2D eigenvalue weighted by Gasteiger charge is 2.23. The number of aryl methyl sites for hydroxylation is 1. The van der Waals surface area contributed by atoms with Gasteiger partial charge in [-0.1, -0.05) is 54.4 Å². The summed E-state index contributed by atoms with van der Waals surface area (Å²) in [5, 5.41) is 17.5. The van der Waals surface area contributed by atoms with E-state index < -0.39 is 0 Å². The second kappa shape index (κ2) is 14.2. The largest absolute Gasteiger partial charge is 0.357 e. The zero-order chi connectivity index (χ0) is 21.2. The lowest BCUT2D eigenvalue weighted by molar-refractivity contribution is 0.461. The maximum Gasteiger partial charge on any atom is 0.191 e. The van der Waals surface area contributed by atoms with Gasteiger partial charge in [0, 0.05) is 37.1 Å². The van der Waals surface area contributed by atoms with Crippen molar-refractivity contribution in [1.29, 1.82) is 0 Å². The number of nitrogens with zero attached hydrogens (tertiary/aromatic N) is 4. The van der Waals surface area contributed by atoms with Crippen LogP contribution in [0.3, 0.4) is 0 Å². The summed E-state index contributed by atoms with van der Waals surface area (Å²) in [4.78, 5) is 4.74. The molecular weight excluding hydrogens is 543 g/mol. The fourth-order valence-corrected chi connectivity index (χ4v) is 4.74. The third-order valence-corrected chi connectivity index (χ3v) is 6.44. The molecule has 1 aliphatic carbocycles. The van der Waals surface area contributed by atoms with Crippen LogP contribution < -0.4 is 10.6 Å². The fraction of sp³-hybridized carbons (Fsp3) is 0.591. The summed E-state index contributed by atoms with van der Waals surface area (Å²) in [6.07, 6.45) is 9.94. The first-order chi connectivity index (χ1) is 14.7. The Hall–Kier alpha value is -1.000. The molecule has 0 bridgehead atoms. The van der Waals surface area contributed by atoms with Crippen LogP contribution >= 0.6 is 47.3 Å². The molecule has 0 unspecified atom stereocenters. The van der Waals surface area contributed by atoms with E-state index in [0.717, 1.165) is 66.4 Å². The highest BCUT2D eigenvalue weighted by molar-refractivity contribution is 14.0. The van der Waals surface area contributed by atoms with Crippen molar-refractivity contribution in [3.8, 4) is 0 Å². The van der Waals surface area contributed by atoms with Crippen molar-refractivity contribution in [2.45, 2.75) is 63.1 Å². The van der Waals surface area contributed by atoms with E-state index in [1.165, 1.54) is 25.7 Å². The van der Waals surface area contributed by atoms with Crippen molar-refractivity contribution in [2.75, 3.05) is 25.9 Å². The molecule has 1 saturated carbocycles. The molecule has 0 aliphatic heterocycles. The summed E-state index contributed by atoms with van der Waals surface area (Å²) < 4.78 is 2.38. The number of hydrogen-bond donors (Lipinski definition) is 2. The van der Waals surface area contributed by atoms with Crippen molar-refractivity contribution < 1.29 is 0 Å². The fourth-order valence-electron chi connectivity index (χ4n) is 3.93. The van der Waals surface area contributed by atoms with Crippen LogP contribution in [0.15, 0.2) is 34.4 Å². The van der Waals surface area contributed by atoms with Gasteiger partial charge in [0.05, 0.1) is 0 Å². The van der Waals surface area contributed by atoms with Gasteiger partial charge in [-0.05, 0) is 50.5 Å². The lowest BCUT2D eigenvalue weighted by Crippen LogP contribution is -2.38. The summed E-state index contributed by atoms with van der Waals surface area (Å²) in [6, 6.07) is 8.55. The normalized spacial score (nSPS) is 14.5. The van der Waals surface area contributed by atoms with Gasteiger partial charge in [-0.2, -0.15) is 0 Å². The smallest absolute Gasteiger partial charge is 0.191 e. The molecule has 172 valence electrons. The zero-order valence-corrected chi connectivity index (χ0v) is 22.3. The first-order valence-corrected chi connectivity index (χ1v) is 12.6. The molecule has 0 radical (unpaired) electrons. The molecule has 0 amide bonds. The van der Waals surface area contributed by atoms with E-state index in [1.54, 1.807) is 11.8 Å². The van der Waals surface area contributed by atoms with Crippen molar-refractivity contribution >= 4 is 53.3 Å². The van der Waals surface area contributed by atoms with Crippen molar-refractivity contribution in [3.63, 3.8) is 0 Å². The summed E-state index contributed by atoms with van der Waals surface area (Å²) in [6.45, 7) is 4.47. The molecule has 1 fully saturated rings. The summed E-state index contributed by atoms with van der Waals surface area (Å²) in [7, 11) is 0. The minimum Gasteiger partial charge on any atom is -0.357 e. The first-order valence-electron chi connectivity index (χ1n) is 11.0. The Morgan fingerprint density at radius 1 is 1.19 bits per heavy atom. The van der Waals surface area contributed by atoms with Gasteiger partial charge in [-0.15, -0.1) is 34.2 Å². The van der Waals surface area contributed by atoms with Crippen molar-refractivity contribution in [3.05, 3.63) is 40.7 Å².